The second-order valence-electron chi connectivity index (χ2n) is 5.46. The molecule has 1 aromatic carbocycles. The summed E-state index contributed by atoms with van der Waals surface area (Å²) in [6.45, 7) is 8.04. The normalized spacial score (nSPS) is 12.8. The Hall–Kier alpha value is -0.470. The van der Waals surface area contributed by atoms with Crippen molar-refractivity contribution in [3.05, 3.63) is 30.3 Å². The molecule has 0 amide bonds. The molecule has 0 saturated heterocycles. The molecular weight excluding hydrogens is 250 g/mol. The Morgan fingerprint density at radius 3 is 2.47 bits per heavy atom. The monoisotopic (exact) mass is 279 g/mol. The van der Waals surface area contributed by atoms with Crippen molar-refractivity contribution in [3.8, 4) is 0 Å². The van der Waals surface area contributed by atoms with E-state index in [0.29, 0.717) is 6.04 Å². The van der Waals surface area contributed by atoms with Gasteiger partial charge in [0.1, 0.15) is 0 Å². The van der Waals surface area contributed by atoms with E-state index in [-0.39, 0.29) is 0 Å². The Kier molecular flexibility index (Phi) is 9.02. The van der Waals surface area contributed by atoms with Crippen LogP contribution >= 0.6 is 11.8 Å². The molecule has 108 valence electrons. The van der Waals surface area contributed by atoms with Crippen LogP contribution in [0.3, 0.4) is 0 Å². The maximum absolute atomic E-state index is 3.67. The summed E-state index contributed by atoms with van der Waals surface area (Å²) >= 11 is 1.98. The molecule has 0 heterocycles. The van der Waals surface area contributed by atoms with Crippen molar-refractivity contribution in [2.24, 2.45) is 5.92 Å². The van der Waals surface area contributed by atoms with Crippen molar-refractivity contribution in [3.63, 3.8) is 0 Å². The minimum Gasteiger partial charge on any atom is -0.314 e. The molecule has 0 radical (unpaired) electrons. The molecule has 19 heavy (non-hydrogen) atoms. The van der Waals surface area contributed by atoms with E-state index in [2.05, 4.69) is 56.4 Å². The molecule has 2 heteroatoms. The molecule has 1 aromatic rings. The van der Waals surface area contributed by atoms with Gasteiger partial charge in [0, 0.05) is 10.9 Å². The summed E-state index contributed by atoms with van der Waals surface area (Å²) < 4.78 is 0. The van der Waals surface area contributed by atoms with Crippen molar-refractivity contribution < 1.29 is 0 Å². The fraction of sp³-hybridized carbons (Fsp3) is 0.647. The van der Waals surface area contributed by atoms with Gasteiger partial charge in [0.25, 0.3) is 0 Å². The third-order valence-electron chi connectivity index (χ3n) is 3.38. The lowest BCUT2D eigenvalue weighted by Crippen LogP contribution is -2.34. The molecule has 0 aromatic heterocycles. The van der Waals surface area contributed by atoms with Crippen LogP contribution in [0.1, 0.15) is 46.5 Å². The van der Waals surface area contributed by atoms with Gasteiger partial charge in [-0.15, -0.1) is 11.8 Å². The van der Waals surface area contributed by atoms with Crippen LogP contribution in [0.4, 0.5) is 0 Å². The summed E-state index contributed by atoms with van der Waals surface area (Å²) in [4.78, 5) is 1.40. The zero-order valence-electron chi connectivity index (χ0n) is 12.7. The summed E-state index contributed by atoms with van der Waals surface area (Å²) in [5, 5.41) is 3.67. The largest absolute Gasteiger partial charge is 0.314 e. The quantitative estimate of drug-likeness (QED) is 0.479. The van der Waals surface area contributed by atoms with Crippen molar-refractivity contribution in [2.75, 3.05) is 12.3 Å². The first-order valence-electron chi connectivity index (χ1n) is 7.65. The van der Waals surface area contributed by atoms with Gasteiger partial charge in [0.05, 0.1) is 0 Å². The number of hydrogen-bond donors (Lipinski definition) is 1. The predicted molar refractivity (Wildman–Crippen MR) is 87.9 cm³/mol. The molecule has 1 nitrogen and oxygen atoms in total. The summed E-state index contributed by atoms with van der Waals surface area (Å²) in [6, 6.07) is 11.4. The first kappa shape index (κ1) is 16.6. The van der Waals surface area contributed by atoms with E-state index < -0.39 is 0 Å². The topological polar surface area (TPSA) is 12.0 Å². The van der Waals surface area contributed by atoms with Crippen molar-refractivity contribution in [1.82, 2.24) is 5.32 Å². The highest BCUT2D eigenvalue weighted by Crippen LogP contribution is 2.19. The third kappa shape index (κ3) is 7.64. The maximum Gasteiger partial charge on any atom is 0.00900 e. The Labute approximate surface area is 123 Å². The Balaban J connectivity index is 2.11. The number of hydrogen-bond acceptors (Lipinski definition) is 2. The zero-order valence-corrected chi connectivity index (χ0v) is 13.5. The average molecular weight is 279 g/mol. The van der Waals surface area contributed by atoms with Crippen LogP contribution in [-0.2, 0) is 0 Å². The van der Waals surface area contributed by atoms with Crippen LogP contribution in [0.2, 0.25) is 0 Å². The number of nitrogens with one attached hydrogen (secondary N) is 1. The highest BCUT2D eigenvalue weighted by atomic mass is 32.2. The van der Waals surface area contributed by atoms with Gasteiger partial charge in [-0.2, -0.15) is 0 Å². The second-order valence-corrected chi connectivity index (χ2v) is 6.63. The molecular formula is C17H29NS. The number of unbranched alkanes of at least 4 members (excludes halogenated alkanes) is 1. The summed E-state index contributed by atoms with van der Waals surface area (Å²) in [7, 11) is 0. The molecule has 0 bridgehead atoms. The molecule has 1 N–H and O–H groups in total. The van der Waals surface area contributed by atoms with Crippen LogP contribution in [-0.4, -0.2) is 18.3 Å². The van der Waals surface area contributed by atoms with E-state index in [0.717, 1.165) is 12.5 Å². The van der Waals surface area contributed by atoms with Crippen LogP contribution in [0.5, 0.6) is 0 Å². The molecule has 0 aliphatic heterocycles. The lowest BCUT2D eigenvalue weighted by molar-refractivity contribution is 0.369. The first-order valence-corrected chi connectivity index (χ1v) is 8.63. The van der Waals surface area contributed by atoms with Crippen LogP contribution in [0.15, 0.2) is 35.2 Å². The molecule has 0 aliphatic rings. The van der Waals surface area contributed by atoms with E-state index in [9.17, 15) is 0 Å². The Bertz CT molecular complexity index is 310. The lowest BCUT2D eigenvalue weighted by Gasteiger charge is -2.22. The van der Waals surface area contributed by atoms with E-state index in [1.165, 1.54) is 36.3 Å². The summed E-state index contributed by atoms with van der Waals surface area (Å²) in [5.74, 6) is 1.98. The Morgan fingerprint density at radius 2 is 1.84 bits per heavy atom. The van der Waals surface area contributed by atoms with Crippen LogP contribution in [0, 0.1) is 5.92 Å². The predicted octanol–water partition coefficient (Wildman–Crippen LogP) is 4.97. The standard InChI is InChI=1S/C17H29NS/c1-4-13-18-17(15(2)3)12-8-9-14-19-16-10-6-5-7-11-16/h5-7,10-11,15,17-18H,4,8-9,12-14H2,1-3H3. The summed E-state index contributed by atoms with van der Waals surface area (Å²) in [5.41, 5.74) is 0. The third-order valence-corrected chi connectivity index (χ3v) is 4.48. The zero-order chi connectivity index (χ0) is 13.9. The van der Waals surface area contributed by atoms with E-state index in [4.69, 9.17) is 0 Å². The van der Waals surface area contributed by atoms with Gasteiger partial charge >= 0.3 is 0 Å². The number of thioether (sulfide) groups is 1. The molecule has 0 aliphatic carbocycles. The highest BCUT2D eigenvalue weighted by Gasteiger charge is 2.11. The van der Waals surface area contributed by atoms with E-state index in [1.54, 1.807) is 0 Å². The van der Waals surface area contributed by atoms with Gasteiger partial charge < -0.3 is 5.32 Å². The first-order chi connectivity index (χ1) is 9.24. The average Bonchev–Trinajstić information content (AvgIpc) is 2.42. The van der Waals surface area contributed by atoms with Gasteiger partial charge in [0.15, 0.2) is 0 Å². The Morgan fingerprint density at radius 1 is 1.11 bits per heavy atom. The molecule has 1 atom stereocenters. The van der Waals surface area contributed by atoms with Gasteiger partial charge in [-0.1, -0.05) is 45.4 Å². The summed E-state index contributed by atoms with van der Waals surface area (Å²) in [6.07, 6.45) is 5.19. The van der Waals surface area contributed by atoms with E-state index in [1.807, 2.05) is 11.8 Å². The fourth-order valence-corrected chi connectivity index (χ4v) is 3.11. The number of rotatable bonds is 10. The van der Waals surface area contributed by atoms with Crippen LogP contribution in [0.25, 0.3) is 0 Å². The fourth-order valence-electron chi connectivity index (χ4n) is 2.17. The van der Waals surface area contributed by atoms with Crippen molar-refractivity contribution >= 4 is 11.8 Å². The molecule has 0 spiro atoms. The molecule has 0 saturated carbocycles. The van der Waals surface area contributed by atoms with Crippen LogP contribution < -0.4 is 5.32 Å². The smallest absolute Gasteiger partial charge is 0.00900 e. The minimum absolute atomic E-state index is 0.696. The second kappa shape index (κ2) is 10.3. The molecule has 1 rings (SSSR count). The van der Waals surface area contributed by atoms with Gasteiger partial charge in [-0.05, 0) is 49.6 Å². The highest BCUT2D eigenvalue weighted by molar-refractivity contribution is 7.99. The van der Waals surface area contributed by atoms with E-state index >= 15 is 0 Å². The maximum atomic E-state index is 3.67. The van der Waals surface area contributed by atoms with Gasteiger partial charge in [-0.25, -0.2) is 0 Å². The van der Waals surface area contributed by atoms with Gasteiger partial charge in [-0.3, -0.25) is 0 Å². The number of benzene rings is 1. The lowest BCUT2D eigenvalue weighted by atomic mass is 9.98. The minimum atomic E-state index is 0.696. The van der Waals surface area contributed by atoms with Crippen molar-refractivity contribution in [2.45, 2.75) is 57.4 Å². The van der Waals surface area contributed by atoms with Crippen molar-refractivity contribution in [1.29, 1.82) is 0 Å². The van der Waals surface area contributed by atoms with Gasteiger partial charge in [0.2, 0.25) is 0 Å². The molecule has 0 fully saturated rings. The molecule has 1 unspecified atom stereocenters. The SMILES string of the molecule is CCCNC(CCCCSc1ccccc1)C(C)C.